The Balaban J connectivity index is 3.26. The highest BCUT2D eigenvalue weighted by Crippen LogP contribution is 2.04. The lowest BCUT2D eigenvalue weighted by molar-refractivity contribution is -0.120. The van der Waals surface area contributed by atoms with Gasteiger partial charge in [0.15, 0.2) is 0 Å². The summed E-state index contributed by atoms with van der Waals surface area (Å²) >= 11 is 7.58. The quantitative estimate of drug-likeness (QED) is 0.671. The third kappa shape index (κ3) is 8.44. The molecule has 0 aliphatic carbocycles. The molecule has 0 saturated carbocycles. The van der Waals surface area contributed by atoms with E-state index < -0.39 is 0 Å². The van der Waals surface area contributed by atoms with E-state index in [0.29, 0.717) is 13.0 Å². The summed E-state index contributed by atoms with van der Waals surface area (Å²) in [4.78, 5) is 11.1. The largest absolute Gasteiger partial charge is 0.356 e. The fraction of sp³-hybridized carbons (Fsp3) is 0.889. The molecule has 4 heteroatoms. The maximum absolute atomic E-state index is 11.1. The van der Waals surface area contributed by atoms with E-state index in [2.05, 4.69) is 5.32 Å². The minimum atomic E-state index is 0.134. The fourth-order valence-corrected chi connectivity index (χ4v) is 1.35. The number of alkyl halides is 1. The molecular weight excluding hydrogens is 206 g/mol. The molecule has 1 unspecified atom stereocenters. The third-order valence-corrected chi connectivity index (χ3v) is 2.90. The van der Waals surface area contributed by atoms with E-state index in [-0.39, 0.29) is 11.3 Å². The van der Waals surface area contributed by atoms with Crippen molar-refractivity contribution in [3.63, 3.8) is 0 Å². The van der Waals surface area contributed by atoms with Gasteiger partial charge in [0.25, 0.3) is 0 Å². The first-order valence-electron chi connectivity index (χ1n) is 4.60. The summed E-state index contributed by atoms with van der Waals surface area (Å²) in [6.45, 7) is 2.75. The maximum Gasteiger partial charge on any atom is 0.220 e. The Morgan fingerprint density at radius 3 is 2.85 bits per heavy atom. The summed E-state index contributed by atoms with van der Waals surface area (Å²) in [7, 11) is 0. The minimum Gasteiger partial charge on any atom is -0.356 e. The zero-order valence-corrected chi connectivity index (χ0v) is 9.88. The van der Waals surface area contributed by atoms with Crippen LogP contribution in [0.1, 0.15) is 26.2 Å². The summed E-state index contributed by atoms with van der Waals surface area (Å²) < 4.78 is 0. The van der Waals surface area contributed by atoms with E-state index >= 15 is 0 Å². The van der Waals surface area contributed by atoms with Crippen LogP contribution in [0.4, 0.5) is 0 Å². The molecule has 0 aliphatic rings. The lowest BCUT2D eigenvalue weighted by Gasteiger charge is -2.07. The standard InChI is InChI=1S/C9H18ClNOS/c1-3-8(10)4-6-11-9(12)5-7-13-2/h8H,3-7H2,1-2H3,(H,11,12). The van der Waals surface area contributed by atoms with Crippen molar-refractivity contribution in [3.8, 4) is 0 Å². The third-order valence-electron chi connectivity index (χ3n) is 1.76. The lowest BCUT2D eigenvalue weighted by Crippen LogP contribution is -2.26. The Morgan fingerprint density at radius 1 is 1.62 bits per heavy atom. The summed E-state index contributed by atoms with van der Waals surface area (Å²) in [5, 5.41) is 3.04. The predicted octanol–water partition coefficient (Wildman–Crippen LogP) is 2.26. The molecule has 2 nitrogen and oxygen atoms in total. The second-order valence-corrected chi connectivity index (χ2v) is 4.49. The Labute approximate surface area is 89.8 Å². The van der Waals surface area contributed by atoms with Gasteiger partial charge in [-0.05, 0) is 19.1 Å². The van der Waals surface area contributed by atoms with Crippen LogP contribution in [0.5, 0.6) is 0 Å². The van der Waals surface area contributed by atoms with E-state index in [1.165, 1.54) is 0 Å². The smallest absolute Gasteiger partial charge is 0.220 e. The molecule has 0 spiro atoms. The van der Waals surface area contributed by atoms with Crippen molar-refractivity contribution in [1.29, 1.82) is 0 Å². The van der Waals surface area contributed by atoms with Crippen molar-refractivity contribution in [3.05, 3.63) is 0 Å². The number of nitrogens with one attached hydrogen (secondary N) is 1. The van der Waals surface area contributed by atoms with Gasteiger partial charge in [0.1, 0.15) is 0 Å². The molecule has 0 fully saturated rings. The second-order valence-electron chi connectivity index (χ2n) is 2.89. The summed E-state index contributed by atoms with van der Waals surface area (Å²) in [5.41, 5.74) is 0. The Morgan fingerprint density at radius 2 is 2.31 bits per heavy atom. The van der Waals surface area contributed by atoms with Crippen LogP contribution < -0.4 is 5.32 Å². The van der Waals surface area contributed by atoms with E-state index in [4.69, 9.17) is 11.6 Å². The van der Waals surface area contributed by atoms with E-state index in [1.807, 2.05) is 13.2 Å². The number of carbonyl (C=O) groups is 1. The van der Waals surface area contributed by atoms with Gasteiger partial charge in [0, 0.05) is 24.1 Å². The van der Waals surface area contributed by atoms with E-state index in [0.717, 1.165) is 18.6 Å². The van der Waals surface area contributed by atoms with Crippen LogP contribution in [0, 0.1) is 0 Å². The fourth-order valence-electron chi connectivity index (χ4n) is 0.855. The average molecular weight is 224 g/mol. The summed E-state index contributed by atoms with van der Waals surface area (Å²) in [6, 6.07) is 0. The highest BCUT2D eigenvalue weighted by atomic mass is 35.5. The number of hydrogen-bond acceptors (Lipinski definition) is 2. The summed E-state index contributed by atoms with van der Waals surface area (Å²) in [6.07, 6.45) is 4.44. The van der Waals surface area contributed by atoms with Crippen LogP contribution in [0.15, 0.2) is 0 Å². The molecule has 78 valence electrons. The van der Waals surface area contributed by atoms with Crippen LogP contribution in [-0.2, 0) is 4.79 Å². The first-order valence-corrected chi connectivity index (χ1v) is 6.43. The van der Waals surface area contributed by atoms with Crippen molar-refractivity contribution in [2.24, 2.45) is 0 Å². The van der Waals surface area contributed by atoms with Gasteiger partial charge in [-0.3, -0.25) is 4.79 Å². The van der Waals surface area contributed by atoms with Gasteiger partial charge in [-0.15, -0.1) is 11.6 Å². The molecule has 0 aliphatic heterocycles. The first-order chi connectivity index (χ1) is 6.20. The van der Waals surface area contributed by atoms with Gasteiger partial charge in [0.05, 0.1) is 0 Å². The second kappa shape index (κ2) is 8.70. The summed E-state index contributed by atoms with van der Waals surface area (Å²) in [5.74, 6) is 1.03. The number of carbonyl (C=O) groups excluding carboxylic acids is 1. The zero-order valence-electron chi connectivity index (χ0n) is 8.31. The van der Waals surface area contributed by atoms with Crippen LogP contribution in [0.25, 0.3) is 0 Å². The van der Waals surface area contributed by atoms with Gasteiger partial charge in [-0.25, -0.2) is 0 Å². The van der Waals surface area contributed by atoms with Gasteiger partial charge < -0.3 is 5.32 Å². The number of rotatable bonds is 7. The van der Waals surface area contributed by atoms with Crippen LogP contribution in [0.3, 0.4) is 0 Å². The average Bonchev–Trinajstić information content (AvgIpc) is 2.14. The Hall–Kier alpha value is 0.110. The SMILES string of the molecule is CCC(Cl)CCNC(=O)CCSC. The lowest BCUT2D eigenvalue weighted by atomic mass is 10.2. The molecule has 0 saturated heterocycles. The molecule has 0 aromatic rings. The number of thioether (sulfide) groups is 1. The first kappa shape index (κ1) is 13.1. The van der Waals surface area contributed by atoms with Crippen molar-refractivity contribution in [2.45, 2.75) is 31.6 Å². The Bertz CT molecular complexity index is 144. The molecule has 0 radical (unpaired) electrons. The van der Waals surface area contributed by atoms with Gasteiger partial charge >= 0.3 is 0 Å². The topological polar surface area (TPSA) is 29.1 Å². The Kier molecular flexibility index (Phi) is 8.77. The van der Waals surface area contributed by atoms with Crippen LogP contribution in [0.2, 0.25) is 0 Å². The molecule has 1 N–H and O–H groups in total. The van der Waals surface area contributed by atoms with Gasteiger partial charge in [0.2, 0.25) is 5.91 Å². The maximum atomic E-state index is 11.1. The van der Waals surface area contributed by atoms with Crippen molar-refractivity contribution in [2.75, 3.05) is 18.6 Å². The molecule has 1 amide bonds. The molecule has 1 atom stereocenters. The minimum absolute atomic E-state index is 0.134. The number of halogens is 1. The van der Waals surface area contributed by atoms with E-state index in [1.54, 1.807) is 11.8 Å². The normalized spacial score (nSPS) is 12.5. The van der Waals surface area contributed by atoms with Crippen molar-refractivity contribution in [1.82, 2.24) is 5.32 Å². The molecular formula is C9H18ClNOS. The monoisotopic (exact) mass is 223 g/mol. The van der Waals surface area contributed by atoms with Crippen molar-refractivity contribution >= 4 is 29.3 Å². The van der Waals surface area contributed by atoms with Crippen LogP contribution >= 0.6 is 23.4 Å². The van der Waals surface area contributed by atoms with Gasteiger partial charge in [-0.2, -0.15) is 11.8 Å². The zero-order chi connectivity index (χ0) is 10.1. The molecule has 13 heavy (non-hydrogen) atoms. The molecule has 0 heterocycles. The molecule has 0 aromatic carbocycles. The predicted molar refractivity (Wildman–Crippen MR) is 60.6 cm³/mol. The highest BCUT2D eigenvalue weighted by Gasteiger charge is 2.03. The molecule has 0 rings (SSSR count). The van der Waals surface area contributed by atoms with E-state index in [9.17, 15) is 4.79 Å². The van der Waals surface area contributed by atoms with Crippen molar-refractivity contribution < 1.29 is 4.79 Å². The number of hydrogen-bond donors (Lipinski definition) is 1. The molecule has 0 aromatic heterocycles. The highest BCUT2D eigenvalue weighted by molar-refractivity contribution is 7.98. The molecule has 0 bridgehead atoms. The number of amides is 1. The van der Waals surface area contributed by atoms with Gasteiger partial charge in [-0.1, -0.05) is 6.92 Å². The van der Waals surface area contributed by atoms with Crippen LogP contribution in [-0.4, -0.2) is 29.8 Å².